The Morgan fingerprint density at radius 3 is 2.54 bits per heavy atom. The minimum atomic E-state index is 0.645. The van der Waals surface area contributed by atoms with E-state index in [4.69, 9.17) is 4.74 Å². The van der Waals surface area contributed by atoms with E-state index in [1.807, 2.05) is 24.3 Å². The van der Waals surface area contributed by atoms with Crippen molar-refractivity contribution in [3.63, 3.8) is 0 Å². The van der Waals surface area contributed by atoms with E-state index >= 15 is 0 Å². The van der Waals surface area contributed by atoms with Crippen molar-refractivity contribution >= 4 is 6.29 Å². The molecule has 1 aromatic carbocycles. The fourth-order valence-electron chi connectivity index (χ4n) is 1.18. The number of carbonyl (C=O) groups excluding carboxylic acids is 1. The maximum Gasteiger partial charge on any atom is 0.120 e. The van der Waals surface area contributed by atoms with Gasteiger partial charge in [-0.3, -0.25) is 0 Å². The van der Waals surface area contributed by atoms with Crippen molar-refractivity contribution in [3.05, 3.63) is 29.8 Å². The highest BCUT2D eigenvalue weighted by Crippen LogP contribution is 2.12. The number of aldehydes is 1. The van der Waals surface area contributed by atoms with Gasteiger partial charge in [-0.25, -0.2) is 0 Å². The van der Waals surface area contributed by atoms with Gasteiger partial charge in [0.2, 0.25) is 0 Å². The molecule has 0 amide bonds. The molecule has 2 heteroatoms. The van der Waals surface area contributed by atoms with Crippen LogP contribution in [-0.2, 0) is 11.2 Å². The Morgan fingerprint density at radius 2 is 2.00 bits per heavy atom. The van der Waals surface area contributed by atoms with Gasteiger partial charge in [0.1, 0.15) is 12.0 Å². The fraction of sp³-hybridized carbons (Fsp3) is 0.364. The molecule has 0 aromatic heterocycles. The molecule has 0 atom stereocenters. The number of carbonyl (C=O) groups is 1. The summed E-state index contributed by atoms with van der Waals surface area (Å²) in [6.07, 6.45) is 3.49. The Kier molecular flexibility index (Phi) is 4.03. The van der Waals surface area contributed by atoms with Crippen molar-refractivity contribution < 1.29 is 9.53 Å². The summed E-state index contributed by atoms with van der Waals surface area (Å²) in [5.41, 5.74) is 1.25. The monoisotopic (exact) mass is 178 g/mol. The smallest absolute Gasteiger partial charge is 0.120 e. The van der Waals surface area contributed by atoms with Crippen LogP contribution in [0.3, 0.4) is 0 Å². The molecule has 0 heterocycles. The first-order valence-electron chi connectivity index (χ1n) is 4.43. The van der Waals surface area contributed by atoms with Crippen LogP contribution < -0.4 is 4.74 Å². The van der Waals surface area contributed by atoms with Gasteiger partial charge in [-0.15, -0.1) is 0 Å². The molecule has 0 aliphatic heterocycles. The molecule has 1 aromatic rings. The minimum absolute atomic E-state index is 0.645. The van der Waals surface area contributed by atoms with Crippen molar-refractivity contribution in [1.29, 1.82) is 0 Å². The second kappa shape index (κ2) is 5.36. The number of unbranched alkanes of at least 4 members (excludes halogenated alkanes) is 1. The average molecular weight is 178 g/mol. The molecular weight excluding hydrogens is 164 g/mol. The molecule has 0 N–H and O–H groups in total. The molecule has 0 aliphatic rings. The maximum absolute atomic E-state index is 10.1. The van der Waals surface area contributed by atoms with Gasteiger partial charge in [0.25, 0.3) is 0 Å². The molecule has 1 rings (SSSR count). The third-order valence-electron chi connectivity index (χ3n) is 1.95. The van der Waals surface area contributed by atoms with Gasteiger partial charge in [-0.1, -0.05) is 12.1 Å². The number of methoxy groups -OCH3 is 1. The first kappa shape index (κ1) is 9.78. The van der Waals surface area contributed by atoms with E-state index in [9.17, 15) is 4.79 Å². The van der Waals surface area contributed by atoms with E-state index in [1.165, 1.54) is 5.56 Å². The van der Waals surface area contributed by atoms with Gasteiger partial charge >= 0.3 is 0 Å². The zero-order valence-electron chi connectivity index (χ0n) is 7.82. The number of aryl methyl sites for hydroxylation is 1. The molecule has 0 unspecified atom stereocenters. The Balaban J connectivity index is 2.44. The molecule has 0 saturated carbocycles. The van der Waals surface area contributed by atoms with E-state index in [0.29, 0.717) is 6.42 Å². The summed E-state index contributed by atoms with van der Waals surface area (Å²) in [4.78, 5) is 10.1. The Labute approximate surface area is 78.5 Å². The van der Waals surface area contributed by atoms with Crippen molar-refractivity contribution in [3.8, 4) is 5.75 Å². The first-order valence-corrected chi connectivity index (χ1v) is 4.43. The van der Waals surface area contributed by atoms with Gasteiger partial charge in [-0.2, -0.15) is 0 Å². The number of ether oxygens (including phenoxy) is 1. The number of hydrogen-bond donors (Lipinski definition) is 0. The molecule has 0 bridgehead atoms. The van der Waals surface area contributed by atoms with E-state index in [-0.39, 0.29) is 0 Å². The van der Waals surface area contributed by atoms with Crippen molar-refractivity contribution in [1.82, 2.24) is 0 Å². The molecule has 70 valence electrons. The van der Waals surface area contributed by atoms with Gasteiger partial charge in [-0.05, 0) is 30.5 Å². The lowest BCUT2D eigenvalue weighted by Gasteiger charge is -2.01. The fourth-order valence-corrected chi connectivity index (χ4v) is 1.18. The molecule has 0 fully saturated rings. The van der Waals surface area contributed by atoms with Crippen LogP contribution in [0.1, 0.15) is 18.4 Å². The minimum Gasteiger partial charge on any atom is -0.497 e. The predicted octanol–water partition coefficient (Wildman–Crippen LogP) is 2.22. The van der Waals surface area contributed by atoms with Gasteiger partial charge in [0.05, 0.1) is 7.11 Å². The van der Waals surface area contributed by atoms with E-state index in [0.717, 1.165) is 24.9 Å². The molecule has 0 radical (unpaired) electrons. The quantitative estimate of drug-likeness (QED) is 0.510. The van der Waals surface area contributed by atoms with E-state index in [1.54, 1.807) is 7.11 Å². The van der Waals surface area contributed by atoms with Crippen LogP contribution in [0.25, 0.3) is 0 Å². The third kappa shape index (κ3) is 3.28. The lowest BCUT2D eigenvalue weighted by atomic mass is 10.1. The second-order valence-corrected chi connectivity index (χ2v) is 2.91. The van der Waals surface area contributed by atoms with Crippen LogP contribution in [-0.4, -0.2) is 13.4 Å². The molecule has 13 heavy (non-hydrogen) atoms. The van der Waals surface area contributed by atoms with Crippen molar-refractivity contribution in [2.24, 2.45) is 0 Å². The summed E-state index contributed by atoms with van der Waals surface area (Å²) in [7, 11) is 1.65. The average Bonchev–Trinajstić information content (AvgIpc) is 2.19. The topological polar surface area (TPSA) is 26.3 Å². The van der Waals surface area contributed by atoms with E-state index in [2.05, 4.69) is 0 Å². The van der Waals surface area contributed by atoms with Crippen LogP contribution >= 0.6 is 0 Å². The standard InChI is InChI=1S/C11H14O2/c1-13-11-7-5-10(6-8-11)4-2-3-9-12/h5-9H,2-4H2,1H3. The highest BCUT2D eigenvalue weighted by Gasteiger charge is 1.93. The summed E-state index contributed by atoms with van der Waals surface area (Å²) in [6.45, 7) is 0. The molecule has 0 spiro atoms. The van der Waals surface area contributed by atoms with Gasteiger partial charge < -0.3 is 9.53 Å². The Bertz CT molecular complexity index is 251. The second-order valence-electron chi connectivity index (χ2n) is 2.91. The summed E-state index contributed by atoms with van der Waals surface area (Å²) in [5, 5.41) is 0. The maximum atomic E-state index is 10.1. The molecule has 0 saturated heterocycles. The summed E-state index contributed by atoms with van der Waals surface area (Å²) >= 11 is 0. The van der Waals surface area contributed by atoms with Crippen LogP contribution in [0.5, 0.6) is 5.75 Å². The SMILES string of the molecule is COc1ccc(CCCC=O)cc1. The van der Waals surface area contributed by atoms with Crippen LogP contribution in [0, 0.1) is 0 Å². The van der Waals surface area contributed by atoms with Gasteiger partial charge in [0, 0.05) is 6.42 Å². The summed E-state index contributed by atoms with van der Waals surface area (Å²) in [6, 6.07) is 7.94. The molecule has 2 nitrogen and oxygen atoms in total. The van der Waals surface area contributed by atoms with Crippen molar-refractivity contribution in [2.75, 3.05) is 7.11 Å². The highest BCUT2D eigenvalue weighted by atomic mass is 16.5. The molecule has 0 aliphatic carbocycles. The van der Waals surface area contributed by atoms with Crippen molar-refractivity contribution in [2.45, 2.75) is 19.3 Å². The summed E-state index contributed by atoms with van der Waals surface area (Å²) < 4.78 is 5.04. The highest BCUT2D eigenvalue weighted by molar-refractivity contribution is 5.49. The van der Waals surface area contributed by atoms with Gasteiger partial charge in [0.15, 0.2) is 0 Å². The Morgan fingerprint density at radius 1 is 1.31 bits per heavy atom. The largest absolute Gasteiger partial charge is 0.497 e. The summed E-state index contributed by atoms with van der Waals surface area (Å²) in [5.74, 6) is 0.874. The first-order chi connectivity index (χ1) is 6.36. The number of hydrogen-bond acceptors (Lipinski definition) is 2. The Hall–Kier alpha value is -1.31. The predicted molar refractivity (Wildman–Crippen MR) is 52.0 cm³/mol. The third-order valence-corrected chi connectivity index (χ3v) is 1.95. The zero-order valence-corrected chi connectivity index (χ0v) is 7.82. The zero-order chi connectivity index (χ0) is 9.52. The lowest BCUT2D eigenvalue weighted by molar-refractivity contribution is -0.107. The number of rotatable bonds is 5. The number of benzene rings is 1. The van der Waals surface area contributed by atoms with E-state index < -0.39 is 0 Å². The van der Waals surface area contributed by atoms with Crippen LogP contribution in [0.2, 0.25) is 0 Å². The van der Waals surface area contributed by atoms with Crippen LogP contribution in [0.4, 0.5) is 0 Å². The lowest BCUT2D eigenvalue weighted by Crippen LogP contribution is -1.87. The molecular formula is C11H14O2. The normalized spacial score (nSPS) is 9.62. The van der Waals surface area contributed by atoms with Crippen LogP contribution in [0.15, 0.2) is 24.3 Å².